The van der Waals surface area contributed by atoms with E-state index < -0.39 is 0 Å². The first-order valence-electron chi connectivity index (χ1n) is 7.37. The van der Waals surface area contributed by atoms with Gasteiger partial charge in [0.2, 0.25) is 0 Å². The zero-order valence-corrected chi connectivity index (χ0v) is 13.5. The lowest BCUT2D eigenvalue weighted by molar-refractivity contribution is 0.0769. The molecule has 0 aliphatic carbocycles. The second kappa shape index (κ2) is 6.87. The number of carbonyl (C=O) groups excluding carboxylic acids is 1. The van der Waals surface area contributed by atoms with Gasteiger partial charge in [-0.2, -0.15) is 0 Å². The van der Waals surface area contributed by atoms with Gasteiger partial charge in [0, 0.05) is 31.4 Å². The summed E-state index contributed by atoms with van der Waals surface area (Å²) in [7, 11) is 1.56. The molecule has 1 aliphatic heterocycles. The third kappa shape index (κ3) is 3.40. The minimum atomic E-state index is -0.0754. The Morgan fingerprint density at radius 1 is 1.30 bits per heavy atom. The lowest BCUT2D eigenvalue weighted by Crippen LogP contribution is -2.31. The number of aromatic nitrogens is 1. The van der Waals surface area contributed by atoms with Crippen LogP contribution in [0.15, 0.2) is 42.7 Å². The van der Waals surface area contributed by atoms with Gasteiger partial charge < -0.3 is 14.4 Å². The monoisotopic (exact) mass is 332 g/mol. The number of nitrogens with zero attached hydrogens (tertiary/aromatic N) is 2. The van der Waals surface area contributed by atoms with Crippen LogP contribution in [0, 0.1) is 0 Å². The number of hydrogen-bond donors (Lipinski definition) is 0. The number of rotatable bonds is 4. The predicted molar refractivity (Wildman–Crippen MR) is 87.2 cm³/mol. The maximum absolute atomic E-state index is 12.6. The number of para-hydroxylation sites is 1. The summed E-state index contributed by atoms with van der Waals surface area (Å²) in [6.07, 6.45) is 3.87. The molecule has 1 fully saturated rings. The summed E-state index contributed by atoms with van der Waals surface area (Å²) in [6.45, 7) is 1.17. The third-order valence-corrected chi connectivity index (χ3v) is 4.08. The number of carbonyl (C=O) groups is 1. The van der Waals surface area contributed by atoms with E-state index in [0.29, 0.717) is 35.2 Å². The first-order chi connectivity index (χ1) is 11.2. The molecule has 1 amide bonds. The summed E-state index contributed by atoms with van der Waals surface area (Å²) in [4.78, 5) is 18.4. The van der Waals surface area contributed by atoms with Crippen LogP contribution in [0.25, 0.3) is 0 Å². The summed E-state index contributed by atoms with van der Waals surface area (Å²) in [6, 6.07) is 8.96. The highest BCUT2D eigenvalue weighted by atomic mass is 35.5. The molecule has 1 saturated heterocycles. The van der Waals surface area contributed by atoms with Crippen LogP contribution < -0.4 is 9.47 Å². The van der Waals surface area contributed by atoms with Crippen LogP contribution in [0.5, 0.6) is 11.5 Å². The lowest BCUT2D eigenvalue weighted by Gasteiger charge is -2.18. The van der Waals surface area contributed by atoms with Crippen molar-refractivity contribution in [2.75, 3.05) is 20.2 Å². The van der Waals surface area contributed by atoms with Crippen molar-refractivity contribution in [1.29, 1.82) is 0 Å². The molecule has 0 bridgehead atoms. The Hall–Kier alpha value is -2.27. The topological polar surface area (TPSA) is 51.7 Å². The van der Waals surface area contributed by atoms with E-state index in [-0.39, 0.29) is 12.0 Å². The Balaban J connectivity index is 1.68. The summed E-state index contributed by atoms with van der Waals surface area (Å²) < 4.78 is 11.1. The molecule has 3 rings (SSSR count). The van der Waals surface area contributed by atoms with Crippen LogP contribution in [0.3, 0.4) is 0 Å². The third-order valence-electron chi connectivity index (χ3n) is 3.80. The molecule has 23 heavy (non-hydrogen) atoms. The van der Waals surface area contributed by atoms with Crippen molar-refractivity contribution in [3.8, 4) is 11.5 Å². The highest BCUT2D eigenvalue weighted by Gasteiger charge is 2.29. The van der Waals surface area contributed by atoms with Crippen LogP contribution in [-0.4, -0.2) is 42.1 Å². The summed E-state index contributed by atoms with van der Waals surface area (Å²) in [5, 5.41) is 0.474. The average Bonchev–Trinajstić information content (AvgIpc) is 3.05. The van der Waals surface area contributed by atoms with Gasteiger partial charge >= 0.3 is 0 Å². The Kier molecular flexibility index (Phi) is 4.67. The Labute approximate surface area is 139 Å². The van der Waals surface area contributed by atoms with Gasteiger partial charge in [0.05, 0.1) is 19.2 Å². The number of likely N-dealkylation sites (tertiary alicyclic amines) is 1. The summed E-state index contributed by atoms with van der Waals surface area (Å²) >= 11 is 6.05. The van der Waals surface area contributed by atoms with Crippen molar-refractivity contribution in [3.63, 3.8) is 0 Å². The second-order valence-corrected chi connectivity index (χ2v) is 5.69. The Morgan fingerprint density at radius 3 is 2.91 bits per heavy atom. The van der Waals surface area contributed by atoms with Crippen molar-refractivity contribution in [2.24, 2.45) is 0 Å². The summed E-state index contributed by atoms with van der Waals surface area (Å²) in [5.74, 6) is 1.13. The molecule has 1 aromatic heterocycles. The second-order valence-electron chi connectivity index (χ2n) is 5.29. The quantitative estimate of drug-likeness (QED) is 0.863. The first-order valence-corrected chi connectivity index (χ1v) is 7.75. The highest BCUT2D eigenvalue weighted by molar-refractivity contribution is 6.31. The van der Waals surface area contributed by atoms with Gasteiger partial charge in [-0.1, -0.05) is 23.7 Å². The van der Waals surface area contributed by atoms with Crippen molar-refractivity contribution in [3.05, 3.63) is 53.3 Å². The van der Waals surface area contributed by atoms with Gasteiger partial charge in [-0.25, -0.2) is 0 Å². The van der Waals surface area contributed by atoms with E-state index in [4.69, 9.17) is 21.1 Å². The minimum absolute atomic E-state index is 0.0469. The molecule has 5 nitrogen and oxygen atoms in total. The van der Waals surface area contributed by atoms with E-state index in [2.05, 4.69) is 4.98 Å². The average molecular weight is 333 g/mol. The molecular formula is C17H17ClN2O3. The van der Waals surface area contributed by atoms with Gasteiger partial charge in [0.15, 0.2) is 0 Å². The van der Waals surface area contributed by atoms with Crippen LogP contribution in [0.4, 0.5) is 0 Å². The zero-order valence-electron chi connectivity index (χ0n) is 12.7. The van der Waals surface area contributed by atoms with Crippen molar-refractivity contribution >= 4 is 17.5 Å². The van der Waals surface area contributed by atoms with E-state index >= 15 is 0 Å². The molecule has 0 saturated carbocycles. The number of halogens is 1. The number of benzene rings is 1. The largest absolute Gasteiger partial charge is 0.496 e. The predicted octanol–water partition coefficient (Wildman–Crippen LogP) is 3.04. The fourth-order valence-corrected chi connectivity index (χ4v) is 2.80. The number of hydrogen-bond acceptors (Lipinski definition) is 4. The normalized spacial score (nSPS) is 17.1. The molecule has 0 spiro atoms. The molecule has 2 aromatic rings. The van der Waals surface area contributed by atoms with Crippen molar-refractivity contribution < 1.29 is 14.3 Å². The van der Waals surface area contributed by atoms with E-state index in [1.807, 2.05) is 12.1 Å². The Bertz CT molecular complexity index is 708. The van der Waals surface area contributed by atoms with Crippen LogP contribution in [0.1, 0.15) is 16.8 Å². The molecule has 1 aromatic carbocycles. The number of methoxy groups -OCH3 is 1. The minimum Gasteiger partial charge on any atom is -0.496 e. The van der Waals surface area contributed by atoms with Crippen molar-refractivity contribution in [2.45, 2.75) is 12.5 Å². The van der Waals surface area contributed by atoms with Crippen LogP contribution in [0.2, 0.25) is 5.02 Å². The van der Waals surface area contributed by atoms with Gasteiger partial charge in [-0.15, -0.1) is 0 Å². The van der Waals surface area contributed by atoms with E-state index in [1.54, 1.807) is 42.6 Å². The number of pyridine rings is 1. The lowest BCUT2D eigenvalue weighted by atomic mass is 10.2. The molecule has 1 atom stereocenters. The summed E-state index contributed by atoms with van der Waals surface area (Å²) in [5.41, 5.74) is 0.567. The fourth-order valence-electron chi connectivity index (χ4n) is 2.64. The van der Waals surface area contributed by atoms with E-state index in [1.165, 1.54) is 0 Å². The number of ether oxygens (including phenoxy) is 2. The molecule has 0 N–H and O–H groups in total. The molecular weight excluding hydrogens is 316 g/mol. The van der Waals surface area contributed by atoms with Crippen molar-refractivity contribution in [1.82, 2.24) is 9.88 Å². The Morgan fingerprint density at radius 2 is 2.13 bits per heavy atom. The molecule has 1 unspecified atom stereocenters. The molecule has 2 heterocycles. The maximum atomic E-state index is 12.6. The highest BCUT2D eigenvalue weighted by Crippen LogP contribution is 2.27. The molecule has 6 heteroatoms. The number of amides is 1. The van der Waals surface area contributed by atoms with E-state index in [9.17, 15) is 4.79 Å². The first kappa shape index (κ1) is 15.6. The van der Waals surface area contributed by atoms with Crippen LogP contribution in [-0.2, 0) is 0 Å². The van der Waals surface area contributed by atoms with Gasteiger partial charge in [0.25, 0.3) is 5.91 Å². The SMILES string of the molecule is COc1ccccc1C(=O)N1CCC(Oc2ccncc2Cl)C1. The van der Waals surface area contributed by atoms with E-state index in [0.717, 1.165) is 6.42 Å². The smallest absolute Gasteiger partial charge is 0.257 e. The zero-order chi connectivity index (χ0) is 16.2. The van der Waals surface area contributed by atoms with Crippen LogP contribution >= 0.6 is 11.6 Å². The van der Waals surface area contributed by atoms with Gasteiger partial charge in [0.1, 0.15) is 22.6 Å². The molecule has 1 aliphatic rings. The van der Waals surface area contributed by atoms with Gasteiger partial charge in [-0.05, 0) is 12.1 Å². The van der Waals surface area contributed by atoms with Gasteiger partial charge in [-0.3, -0.25) is 9.78 Å². The molecule has 0 radical (unpaired) electrons. The maximum Gasteiger partial charge on any atom is 0.257 e. The standard InChI is InChI=1S/C17H17ClN2O3/c1-22-15-5-3-2-4-13(15)17(21)20-9-7-12(11-20)23-16-6-8-19-10-14(16)18/h2-6,8,10,12H,7,9,11H2,1H3. The fraction of sp³-hybridized carbons (Fsp3) is 0.294. The molecule has 120 valence electrons.